The van der Waals surface area contributed by atoms with Gasteiger partial charge in [0, 0.05) is 43.3 Å². The van der Waals surface area contributed by atoms with E-state index in [0.717, 1.165) is 49.0 Å². The molecule has 1 aromatic carbocycles. The van der Waals surface area contributed by atoms with E-state index < -0.39 is 5.97 Å². The normalized spacial score (nSPS) is 20.7. The van der Waals surface area contributed by atoms with Crippen molar-refractivity contribution < 1.29 is 9.90 Å². The average molecular weight is 397 g/mol. The molecule has 3 heterocycles. The maximum Gasteiger partial charge on any atom is 0.303 e. The van der Waals surface area contributed by atoms with Gasteiger partial charge in [0.15, 0.2) is 5.82 Å². The number of carboxylic acids is 1. The molecule has 1 aromatic heterocycles. The second kappa shape index (κ2) is 7.04. The number of nitrogens with zero attached hydrogens (tertiary/aromatic N) is 3. The summed E-state index contributed by atoms with van der Waals surface area (Å²) in [6.07, 6.45) is 8.28. The lowest BCUT2D eigenvalue weighted by Crippen LogP contribution is -2.56. The van der Waals surface area contributed by atoms with Crippen LogP contribution in [0.4, 0.5) is 11.5 Å². The van der Waals surface area contributed by atoms with Crippen LogP contribution in [0, 0.1) is 11.3 Å². The van der Waals surface area contributed by atoms with Crippen LogP contribution in [0.3, 0.4) is 0 Å². The molecule has 0 unspecified atom stereocenters. The topological polar surface area (TPSA) is 78.4 Å². The van der Waals surface area contributed by atoms with Crippen LogP contribution in [0.1, 0.15) is 37.7 Å². The van der Waals surface area contributed by atoms with Crippen molar-refractivity contribution in [3.05, 3.63) is 36.2 Å². The molecule has 6 nitrogen and oxygen atoms in total. The van der Waals surface area contributed by atoms with E-state index in [4.69, 9.17) is 5.11 Å². The highest BCUT2D eigenvalue weighted by Crippen LogP contribution is 2.47. The molecule has 0 bridgehead atoms. The van der Waals surface area contributed by atoms with Crippen LogP contribution in [-0.4, -0.2) is 39.0 Å². The quantitative estimate of drug-likeness (QED) is 0.686. The minimum atomic E-state index is -0.649. The monoisotopic (exact) mass is 396 g/mol. The third-order valence-electron chi connectivity index (χ3n) is 6.32. The number of benzene rings is 1. The van der Waals surface area contributed by atoms with Crippen molar-refractivity contribution in [2.75, 3.05) is 18.4 Å². The summed E-state index contributed by atoms with van der Waals surface area (Å²) in [6.45, 7) is 3.24. The summed E-state index contributed by atoms with van der Waals surface area (Å²) in [5.41, 5.74) is 2.86. The zero-order chi connectivity index (χ0) is 19.1. The zero-order valence-electron chi connectivity index (χ0n) is 15.7. The Morgan fingerprint density at radius 1 is 1.25 bits per heavy atom. The molecule has 0 amide bonds. The number of likely N-dealkylation sites (tertiary alicyclic amines) is 1. The molecule has 1 saturated carbocycles. The Morgan fingerprint density at radius 3 is 2.82 bits per heavy atom. The first-order valence-corrected chi connectivity index (χ1v) is 10.7. The summed E-state index contributed by atoms with van der Waals surface area (Å²) >= 11 is 1.66. The van der Waals surface area contributed by atoms with Crippen molar-refractivity contribution in [2.24, 2.45) is 11.3 Å². The molecule has 2 N–H and O–H groups in total. The van der Waals surface area contributed by atoms with Crippen LogP contribution in [-0.2, 0) is 11.3 Å². The maximum absolute atomic E-state index is 10.9. The van der Waals surface area contributed by atoms with Gasteiger partial charge in [-0.1, -0.05) is 17.8 Å². The van der Waals surface area contributed by atoms with Gasteiger partial charge in [0.05, 0.1) is 5.69 Å². The summed E-state index contributed by atoms with van der Waals surface area (Å²) in [7, 11) is 0. The number of carbonyl (C=O) groups is 1. The van der Waals surface area contributed by atoms with Gasteiger partial charge in [-0.3, -0.25) is 9.69 Å². The number of hydrogen-bond acceptors (Lipinski definition) is 6. The lowest BCUT2D eigenvalue weighted by Gasteiger charge is -2.53. The van der Waals surface area contributed by atoms with Gasteiger partial charge in [-0.15, -0.1) is 0 Å². The Balaban J connectivity index is 1.18. The molecule has 7 heteroatoms. The first-order valence-electron chi connectivity index (χ1n) is 9.92. The molecular weight excluding hydrogens is 372 g/mol. The third-order valence-corrected chi connectivity index (χ3v) is 7.39. The lowest BCUT2D eigenvalue weighted by atomic mass is 9.65. The minimum absolute atomic E-state index is 0.341. The zero-order valence-corrected chi connectivity index (χ0v) is 16.5. The van der Waals surface area contributed by atoms with Gasteiger partial charge >= 0.3 is 5.97 Å². The standard InChI is InChI=1S/C21H24N4O2S/c26-18(27)10-14-3-5-21(6-4-14)12-25(13-21)11-15-1-2-17-16(9-15)24-19-20(28-17)23-8-7-22-19/h1-2,7-9,14H,3-6,10-13H2,(H,22,24)(H,26,27). The van der Waals surface area contributed by atoms with Gasteiger partial charge in [-0.2, -0.15) is 0 Å². The van der Waals surface area contributed by atoms with Crippen LogP contribution in [0.15, 0.2) is 40.5 Å². The fraction of sp³-hybridized carbons (Fsp3) is 0.476. The maximum atomic E-state index is 10.9. The highest BCUT2D eigenvalue weighted by atomic mass is 32.2. The molecule has 1 saturated heterocycles. The van der Waals surface area contributed by atoms with Gasteiger partial charge in [0.25, 0.3) is 0 Å². The van der Waals surface area contributed by atoms with Crippen molar-refractivity contribution in [1.29, 1.82) is 0 Å². The minimum Gasteiger partial charge on any atom is -0.481 e. The van der Waals surface area contributed by atoms with Crippen LogP contribution in [0.2, 0.25) is 0 Å². The van der Waals surface area contributed by atoms with E-state index in [-0.39, 0.29) is 0 Å². The Kier molecular flexibility index (Phi) is 4.51. The van der Waals surface area contributed by atoms with Crippen molar-refractivity contribution >= 4 is 29.2 Å². The number of rotatable bonds is 4. The van der Waals surface area contributed by atoms with E-state index in [0.29, 0.717) is 17.8 Å². The Hall–Kier alpha value is -2.12. The highest BCUT2D eigenvalue weighted by Gasteiger charge is 2.44. The number of anilines is 2. The average Bonchev–Trinajstić information content (AvgIpc) is 2.66. The van der Waals surface area contributed by atoms with E-state index in [1.807, 2.05) is 0 Å². The van der Waals surface area contributed by atoms with Gasteiger partial charge in [0.2, 0.25) is 0 Å². The molecule has 2 aromatic rings. The molecule has 28 heavy (non-hydrogen) atoms. The SMILES string of the molecule is O=C(O)CC1CCC2(CC1)CN(Cc1ccc3c(c1)Nc1nccnc1S3)C2. The summed E-state index contributed by atoms with van der Waals surface area (Å²) < 4.78 is 0. The van der Waals surface area contributed by atoms with Crippen molar-refractivity contribution in [2.45, 2.75) is 48.6 Å². The third kappa shape index (κ3) is 3.49. The summed E-state index contributed by atoms with van der Waals surface area (Å²) in [5, 5.41) is 13.3. The Morgan fingerprint density at radius 2 is 2.04 bits per heavy atom. The number of aromatic nitrogens is 2. The van der Waals surface area contributed by atoms with Crippen molar-refractivity contribution in [3.8, 4) is 0 Å². The summed E-state index contributed by atoms with van der Waals surface area (Å²) in [5.74, 6) is 0.564. The van der Waals surface area contributed by atoms with E-state index in [2.05, 4.69) is 38.4 Å². The number of fused-ring (bicyclic) bond motifs is 2. The molecular formula is C21H24N4O2S. The van der Waals surface area contributed by atoms with E-state index in [1.165, 1.54) is 23.3 Å². The fourth-order valence-corrected chi connectivity index (χ4v) is 5.79. The van der Waals surface area contributed by atoms with Gasteiger partial charge in [-0.05, 0) is 54.7 Å². The molecule has 3 aliphatic rings. The molecule has 146 valence electrons. The highest BCUT2D eigenvalue weighted by molar-refractivity contribution is 7.99. The fourth-order valence-electron chi connectivity index (χ4n) is 4.91. The second-order valence-corrected chi connectivity index (χ2v) is 9.48. The van der Waals surface area contributed by atoms with Crippen LogP contribution >= 0.6 is 11.8 Å². The van der Waals surface area contributed by atoms with E-state index >= 15 is 0 Å². The molecule has 2 fully saturated rings. The van der Waals surface area contributed by atoms with Crippen molar-refractivity contribution in [3.63, 3.8) is 0 Å². The molecule has 0 atom stereocenters. The Labute approximate surface area is 168 Å². The van der Waals surface area contributed by atoms with E-state index in [1.54, 1.807) is 24.2 Å². The van der Waals surface area contributed by atoms with Crippen molar-refractivity contribution in [1.82, 2.24) is 14.9 Å². The molecule has 1 spiro atoms. The Bertz CT molecular complexity index is 903. The smallest absolute Gasteiger partial charge is 0.303 e. The predicted octanol–water partition coefficient (Wildman–Crippen LogP) is 4.15. The second-order valence-electron chi connectivity index (χ2n) is 8.45. The van der Waals surface area contributed by atoms with E-state index in [9.17, 15) is 4.79 Å². The largest absolute Gasteiger partial charge is 0.481 e. The van der Waals surface area contributed by atoms with Gasteiger partial charge < -0.3 is 10.4 Å². The van der Waals surface area contributed by atoms with Gasteiger partial charge in [0.1, 0.15) is 5.03 Å². The van der Waals surface area contributed by atoms with Crippen LogP contribution in [0.25, 0.3) is 0 Å². The first kappa shape index (κ1) is 17.9. The molecule has 1 aliphatic carbocycles. The van der Waals surface area contributed by atoms with Crippen LogP contribution in [0.5, 0.6) is 0 Å². The number of carboxylic acid groups (broad SMARTS) is 1. The predicted molar refractivity (Wildman–Crippen MR) is 108 cm³/mol. The number of nitrogens with one attached hydrogen (secondary N) is 1. The number of hydrogen-bond donors (Lipinski definition) is 2. The molecule has 0 radical (unpaired) electrons. The van der Waals surface area contributed by atoms with Gasteiger partial charge in [-0.25, -0.2) is 9.97 Å². The summed E-state index contributed by atoms with van der Waals surface area (Å²) in [4.78, 5) is 23.4. The van der Waals surface area contributed by atoms with Crippen LogP contribution < -0.4 is 5.32 Å². The lowest BCUT2D eigenvalue weighted by molar-refractivity contribution is -0.139. The number of aliphatic carboxylic acids is 1. The first-order chi connectivity index (χ1) is 13.6. The summed E-state index contributed by atoms with van der Waals surface area (Å²) in [6, 6.07) is 6.62. The molecule has 2 aliphatic heterocycles. The molecule has 5 rings (SSSR count).